The summed E-state index contributed by atoms with van der Waals surface area (Å²) in [6.45, 7) is 7.26. The van der Waals surface area contributed by atoms with Crippen molar-refractivity contribution in [3.05, 3.63) is 0 Å². The van der Waals surface area contributed by atoms with E-state index in [0.29, 0.717) is 30.2 Å². The van der Waals surface area contributed by atoms with Crippen molar-refractivity contribution in [3.63, 3.8) is 0 Å². The van der Waals surface area contributed by atoms with Crippen molar-refractivity contribution in [3.8, 4) is 0 Å². The van der Waals surface area contributed by atoms with Crippen LogP contribution >= 0.6 is 0 Å². The molecule has 0 bridgehead atoms. The van der Waals surface area contributed by atoms with E-state index in [0.717, 1.165) is 19.6 Å². The highest BCUT2D eigenvalue weighted by Crippen LogP contribution is 2.22. The van der Waals surface area contributed by atoms with Gasteiger partial charge in [-0.3, -0.25) is 4.79 Å². The summed E-state index contributed by atoms with van der Waals surface area (Å²) in [7, 11) is 0. The highest BCUT2D eigenvalue weighted by molar-refractivity contribution is 5.76. The van der Waals surface area contributed by atoms with E-state index in [1.165, 1.54) is 12.8 Å². The van der Waals surface area contributed by atoms with Gasteiger partial charge in [0.25, 0.3) is 0 Å². The van der Waals surface area contributed by atoms with E-state index >= 15 is 0 Å². The molecule has 1 amide bonds. The Labute approximate surface area is 92.2 Å². The van der Waals surface area contributed by atoms with E-state index < -0.39 is 0 Å². The maximum Gasteiger partial charge on any atom is 0.223 e. The maximum absolute atomic E-state index is 11.8. The number of carbonyl (C=O) groups is 1. The summed E-state index contributed by atoms with van der Waals surface area (Å²) in [6.07, 6.45) is 3.27. The third-order valence-corrected chi connectivity index (χ3v) is 3.69. The zero-order valence-corrected chi connectivity index (χ0v) is 9.83. The average Bonchev–Trinajstić information content (AvgIpc) is 2.94. The fourth-order valence-electron chi connectivity index (χ4n) is 2.16. The van der Waals surface area contributed by atoms with E-state index in [2.05, 4.69) is 19.2 Å². The van der Waals surface area contributed by atoms with Gasteiger partial charge < -0.3 is 10.2 Å². The van der Waals surface area contributed by atoms with Crippen molar-refractivity contribution >= 4 is 5.91 Å². The van der Waals surface area contributed by atoms with Gasteiger partial charge in [0.1, 0.15) is 0 Å². The van der Waals surface area contributed by atoms with E-state index in [1.54, 1.807) is 0 Å². The molecule has 2 rings (SSSR count). The largest absolute Gasteiger partial charge is 0.342 e. The molecule has 0 aromatic heterocycles. The number of carbonyl (C=O) groups excluding carboxylic acids is 1. The standard InChI is InChI=1S/C12H22N2O/c1-9-7-14(8-10(9)2)12(15)5-6-13-11-3-4-11/h9-11,13H,3-8H2,1-2H3. The van der Waals surface area contributed by atoms with Gasteiger partial charge >= 0.3 is 0 Å². The first-order valence-electron chi connectivity index (χ1n) is 6.18. The van der Waals surface area contributed by atoms with E-state index in [-0.39, 0.29) is 0 Å². The van der Waals surface area contributed by atoms with E-state index in [4.69, 9.17) is 0 Å². The number of hydrogen-bond acceptors (Lipinski definition) is 2. The minimum absolute atomic E-state index is 0.333. The van der Waals surface area contributed by atoms with Crippen LogP contribution in [0.1, 0.15) is 33.1 Å². The van der Waals surface area contributed by atoms with Crippen LogP contribution in [0.4, 0.5) is 0 Å². The molecule has 2 aliphatic rings. The molecule has 0 aromatic rings. The molecule has 2 fully saturated rings. The van der Waals surface area contributed by atoms with Gasteiger partial charge in [-0.05, 0) is 24.7 Å². The molecule has 1 aliphatic heterocycles. The highest BCUT2D eigenvalue weighted by Gasteiger charge is 2.29. The van der Waals surface area contributed by atoms with Crippen molar-refractivity contribution in [2.75, 3.05) is 19.6 Å². The zero-order chi connectivity index (χ0) is 10.8. The molecule has 3 nitrogen and oxygen atoms in total. The molecule has 1 N–H and O–H groups in total. The lowest BCUT2D eigenvalue weighted by Crippen LogP contribution is -2.32. The summed E-state index contributed by atoms with van der Waals surface area (Å²) in [6, 6.07) is 0.717. The van der Waals surface area contributed by atoms with Gasteiger partial charge in [-0.15, -0.1) is 0 Å². The van der Waals surface area contributed by atoms with Gasteiger partial charge in [-0.1, -0.05) is 13.8 Å². The monoisotopic (exact) mass is 210 g/mol. The SMILES string of the molecule is CC1CN(C(=O)CCNC2CC2)CC1C. The Bertz CT molecular complexity index is 228. The van der Waals surface area contributed by atoms with Gasteiger partial charge in [0.2, 0.25) is 5.91 Å². The molecule has 1 saturated carbocycles. The second-order valence-electron chi connectivity index (χ2n) is 5.23. The molecule has 1 heterocycles. The first-order valence-corrected chi connectivity index (χ1v) is 6.18. The van der Waals surface area contributed by atoms with Crippen molar-refractivity contribution in [1.29, 1.82) is 0 Å². The van der Waals surface area contributed by atoms with Crippen LogP contribution < -0.4 is 5.32 Å². The lowest BCUT2D eigenvalue weighted by atomic mass is 10.0. The first kappa shape index (κ1) is 10.9. The Morgan fingerprint density at radius 2 is 1.87 bits per heavy atom. The molecule has 1 aliphatic carbocycles. The van der Waals surface area contributed by atoms with Gasteiger partial charge in [0.15, 0.2) is 0 Å². The Hall–Kier alpha value is -0.570. The van der Waals surface area contributed by atoms with Crippen LogP contribution in [0, 0.1) is 11.8 Å². The second-order valence-corrected chi connectivity index (χ2v) is 5.23. The van der Waals surface area contributed by atoms with Crippen LogP contribution in [0.25, 0.3) is 0 Å². The number of likely N-dealkylation sites (tertiary alicyclic amines) is 1. The lowest BCUT2D eigenvalue weighted by molar-refractivity contribution is -0.130. The third kappa shape index (κ3) is 2.94. The summed E-state index contributed by atoms with van der Waals surface area (Å²) in [5.74, 6) is 1.68. The van der Waals surface area contributed by atoms with Gasteiger partial charge in [0, 0.05) is 32.1 Å². The molecule has 2 atom stereocenters. The molecule has 0 radical (unpaired) electrons. The number of hydrogen-bond donors (Lipinski definition) is 1. The summed E-state index contributed by atoms with van der Waals surface area (Å²) < 4.78 is 0. The van der Waals surface area contributed by atoms with Crippen molar-refractivity contribution in [1.82, 2.24) is 10.2 Å². The summed E-state index contributed by atoms with van der Waals surface area (Å²) >= 11 is 0. The maximum atomic E-state index is 11.8. The number of rotatable bonds is 4. The Morgan fingerprint density at radius 3 is 2.40 bits per heavy atom. The normalized spacial score (nSPS) is 30.9. The molecule has 0 spiro atoms. The van der Waals surface area contributed by atoms with Crippen LogP contribution in [0.5, 0.6) is 0 Å². The quantitative estimate of drug-likeness (QED) is 0.757. The molecule has 2 unspecified atom stereocenters. The predicted octanol–water partition coefficient (Wildman–Crippen LogP) is 1.24. The van der Waals surface area contributed by atoms with Gasteiger partial charge in [-0.25, -0.2) is 0 Å². The molecule has 86 valence electrons. The van der Waals surface area contributed by atoms with Crippen LogP contribution in [0.15, 0.2) is 0 Å². The smallest absolute Gasteiger partial charge is 0.223 e. The summed E-state index contributed by atoms with van der Waals surface area (Å²) in [5, 5.41) is 3.39. The zero-order valence-electron chi connectivity index (χ0n) is 9.83. The average molecular weight is 210 g/mol. The lowest BCUT2D eigenvalue weighted by Gasteiger charge is -2.16. The number of nitrogens with zero attached hydrogens (tertiary/aromatic N) is 1. The van der Waals surface area contributed by atoms with E-state index in [1.807, 2.05) is 4.90 Å². The predicted molar refractivity (Wildman–Crippen MR) is 60.5 cm³/mol. The van der Waals surface area contributed by atoms with Crippen LogP contribution in [-0.4, -0.2) is 36.5 Å². The van der Waals surface area contributed by atoms with Gasteiger partial charge in [0.05, 0.1) is 0 Å². The van der Waals surface area contributed by atoms with Crippen LogP contribution in [0.2, 0.25) is 0 Å². The fourth-order valence-corrected chi connectivity index (χ4v) is 2.16. The minimum Gasteiger partial charge on any atom is -0.342 e. The first-order chi connectivity index (χ1) is 7.16. The summed E-state index contributed by atoms with van der Waals surface area (Å²) in [4.78, 5) is 13.9. The molecule has 3 heteroatoms. The Kier molecular flexibility index (Phi) is 3.29. The van der Waals surface area contributed by atoms with Crippen molar-refractivity contribution in [2.45, 2.75) is 39.2 Å². The molecule has 0 aromatic carbocycles. The Balaban J connectivity index is 1.66. The molecular weight excluding hydrogens is 188 g/mol. The van der Waals surface area contributed by atoms with Crippen LogP contribution in [-0.2, 0) is 4.79 Å². The molecule has 15 heavy (non-hydrogen) atoms. The fraction of sp³-hybridized carbons (Fsp3) is 0.917. The second kappa shape index (κ2) is 4.52. The Morgan fingerprint density at radius 1 is 1.27 bits per heavy atom. The third-order valence-electron chi connectivity index (χ3n) is 3.69. The summed E-state index contributed by atoms with van der Waals surface area (Å²) in [5.41, 5.74) is 0. The number of nitrogens with one attached hydrogen (secondary N) is 1. The van der Waals surface area contributed by atoms with Crippen LogP contribution in [0.3, 0.4) is 0 Å². The van der Waals surface area contributed by atoms with Crippen molar-refractivity contribution < 1.29 is 4.79 Å². The topological polar surface area (TPSA) is 32.3 Å². The van der Waals surface area contributed by atoms with Gasteiger partial charge in [-0.2, -0.15) is 0 Å². The molecular formula is C12H22N2O. The van der Waals surface area contributed by atoms with Crippen molar-refractivity contribution in [2.24, 2.45) is 11.8 Å². The minimum atomic E-state index is 0.333. The highest BCUT2D eigenvalue weighted by atomic mass is 16.2. The molecule has 1 saturated heterocycles. The van der Waals surface area contributed by atoms with E-state index in [9.17, 15) is 4.79 Å². The number of amides is 1.